The van der Waals surface area contributed by atoms with Gasteiger partial charge in [0, 0.05) is 30.6 Å². The molecule has 0 saturated carbocycles. The van der Waals surface area contributed by atoms with Crippen molar-refractivity contribution in [3.63, 3.8) is 0 Å². The van der Waals surface area contributed by atoms with E-state index in [1.54, 1.807) is 23.1 Å². The Kier molecular flexibility index (Phi) is 5.65. The number of benzene rings is 1. The highest BCUT2D eigenvalue weighted by molar-refractivity contribution is 6.00. The molecule has 2 heterocycles. The molecule has 26 heavy (non-hydrogen) atoms. The van der Waals surface area contributed by atoms with Gasteiger partial charge in [-0.1, -0.05) is 12.1 Å². The topological polar surface area (TPSA) is 125 Å². The number of anilines is 1. The van der Waals surface area contributed by atoms with E-state index in [0.29, 0.717) is 37.2 Å². The number of hydrogen-bond donors (Lipinski definition) is 4. The Morgan fingerprint density at radius 2 is 2.15 bits per heavy atom. The maximum Gasteiger partial charge on any atom is 0.244 e. The molecule has 8 nitrogen and oxygen atoms in total. The molecular weight excluding hydrogens is 336 g/mol. The van der Waals surface area contributed by atoms with Crippen molar-refractivity contribution < 1.29 is 19.5 Å². The van der Waals surface area contributed by atoms with Gasteiger partial charge in [-0.2, -0.15) is 0 Å². The first kappa shape index (κ1) is 18.5. The van der Waals surface area contributed by atoms with Crippen LogP contribution in [0.3, 0.4) is 0 Å². The van der Waals surface area contributed by atoms with Gasteiger partial charge in [-0.3, -0.25) is 24.6 Å². The van der Waals surface area contributed by atoms with E-state index >= 15 is 0 Å². The van der Waals surface area contributed by atoms with E-state index in [-0.39, 0.29) is 24.1 Å². The summed E-state index contributed by atoms with van der Waals surface area (Å²) in [6, 6.07) is 4.78. The normalized spacial score (nSPS) is 22.8. The molecular formula is C18H24N4O4. The lowest BCUT2D eigenvalue weighted by Crippen LogP contribution is -2.51. The minimum Gasteiger partial charge on any atom is -0.374 e. The van der Waals surface area contributed by atoms with Gasteiger partial charge in [0.1, 0.15) is 6.23 Å². The lowest BCUT2D eigenvalue weighted by Gasteiger charge is -2.31. The second-order valence-electron chi connectivity index (χ2n) is 6.68. The van der Waals surface area contributed by atoms with E-state index in [4.69, 9.17) is 5.73 Å². The van der Waals surface area contributed by atoms with Gasteiger partial charge in [-0.15, -0.1) is 0 Å². The highest BCUT2D eigenvalue weighted by atomic mass is 16.3. The molecule has 1 saturated heterocycles. The minimum atomic E-state index is -0.942. The van der Waals surface area contributed by atoms with Crippen LogP contribution in [0.25, 0.3) is 0 Å². The predicted molar refractivity (Wildman–Crippen MR) is 94.7 cm³/mol. The first-order chi connectivity index (χ1) is 12.5. The quantitative estimate of drug-likeness (QED) is 0.429. The Balaban J connectivity index is 1.73. The average molecular weight is 360 g/mol. The van der Waals surface area contributed by atoms with Gasteiger partial charge in [-0.05, 0) is 37.4 Å². The van der Waals surface area contributed by atoms with Crippen molar-refractivity contribution in [2.24, 2.45) is 5.73 Å². The number of carbonyl (C=O) groups excluding carboxylic acids is 3. The molecule has 2 atom stereocenters. The summed E-state index contributed by atoms with van der Waals surface area (Å²) in [6.07, 6.45) is 1.59. The summed E-state index contributed by atoms with van der Waals surface area (Å²) in [5.74, 6) is -0.774. The lowest BCUT2D eigenvalue weighted by molar-refractivity contribution is -0.141. The highest BCUT2D eigenvalue weighted by Crippen LogP contribution is 2.38. The van der Waals surface area contributed by atoms with E-state index in [0.717, 1.165) is 18.4 Å². The molecule has 3 rings (SSSR count). The molecule has 1 aromatic rings. The lowest BCUT2D eigenvalue weighted by atomic mass is 10.0. The van der Waals surface area contributed by atoms with Crippen LogP contribution in [0.5, 0.6) is 0 Å². The Hall–Kier alpha value is -2.29. The first-order valence-electron chi connectivity index (χ1n) is 8.90. The molecule has 0 radical (unpaired) electrons. The molecule has 1 fully saturated rings. The van der Waals surface area contributed by atoms with Crippen LogP contribution in [0.4, 0.5) is 5.69 Å². The number of hydrogen-bond acceptors (Lipinski definition) is 6. The van der Waals surface area contributed by atoms with Crippen molar-refractivity contribution >= 4 is 23.4 Å². The summed E-state index contributed by atoms with van der Waals surface area (Å²) in [7, 11) is 0. The number of unbranched alkanes of at least 4 members (excludes halogenated alkanes) is 1. The van der Waals surface area contributed by atoms with Crippen LogP contribution in [-0.4, -0.2) is 40.3 Å². The molecule has 2 aliphatic rings. The minimum absolute atomic E-state index is 0.0965. The van der Waals surface area contributed by atoms with E-state index in [1.807, 2.05) is 0 Å². The Labute approximate surface area is 151 Å². The predicted octanol–water partition coefficient (Wildman–Crippen LogP) is 0.366. The van der Waals surface area contributed by atoms with Crippen LogP contribution < -0.4 is 16.4 Å². The number of nitrogens with one attached hydrogen (secondary N) is 2. The van der Waals surface area contributed by atoms with Gasteiger partial charge in [0.2, 0.25) is 17.7 Å². The monoisotopic (exact) mass is 360 g/mol. The summed E-state index contributed by atoms with van der Waals surface area (Å²) in [5, 5.41) is 15.9. The summed E-state index contributed by atoms with van der Waals surface area (Å²) < 4.78 is 0. The number of aliphatic hydroxyl groups is 1. The van der Waals surface area contributed by atoms with Crippen molar-refractivity contribution in [2.75, 3.05) is 11.9 Å². The zero-order valence-electron chi connectivity index (χ0n) is 14.5. The maximum atomic E-state index is 12.1. The smallest absolute Gasteiger partial charge is 0.244 e. The fourth-order valence-electron chi connectivity index (χ4n) is 3.51. The van der Waals surface area contributed by atoms with Gasteiger partial charge >= 0.3 is 0 Å². The fraction of sp³-hybridized carbons (Fsp3) is 0.500. The first-order valence-corrected chi connectivity index (χ1v) is 8.90. The van der Waals surface area contributed by atoms with Gasteiger partial charge in [0.05, 0.1) is 6.04 Å². The number of carbonyl (C=O) groups is 3. The van der Waals surface area contributed by atoms with Crippen LogP contribution >= 0.6 is 0 Å². The summed E-state index contributed by atoms with van der Waals surface area (Å²) in [5.41, 5.74) is 7.57. The van der Waals surface area contributed by atoms with Crippen molar-refractivity contribution in [1.82, 2.24) is 10.2 Å². The number of piperidine rings is 1. The molecule has 3 amide bonds. The fourth-order valence-corrected chi connectivity index (χ4v) is 3.51. The standard InChI is InChI=1S/C18H24N4O4/c19-9-2-1-6-15(23)20-13-5-3-4-11-12(13)10-22(18(11)26)14-7-8-16(24)21-17(14)25/h3-5,14,18,26H,1-2,6-10,19H2,(H,20,23)(H,21,24,25). The number of fused-ring (bicyclic) bond motifs is 1. The molecule has 140 valence electrons. The number of nitrogens with two attached hydrogens (primary N) is 1. The molecule has 8 heteroatoms. The summed E-state index contributed by atoms with van der Waals surface area (Å²) >= 11 is 0. The zero-order chi connectivity index (χ0) is 18.7. The van der Waals surface area contributed by atoms with Gasteiger partial charge in [-0.25, -0.2) is 0 Å². The average Bonchev–Trinajstić information content (AvgIpc) is 2.93. The largest absolute Gasteiger partial charge is 0.374 e. The van der Waals surface area contributed by atoms with Gasteiger partial charge < -0.3 is 16.2 Å². The Morgan fingerprint density at radius 1 is 1.35 bits per heavy atom. The Morgan fingerprint density at radius 3 is 2.88 bits per heavy atom. The molecule has 5 N–H and O–H groups in total. The summed E-state index contributed by atoms with van der Waals surface area (Å²) in [6.45, 7) is 0.892. The van der Waals surface area contributed by atoms with Crippen LogP contribution in [0.15, 0.2) is 18.2 Å². The van der Waals surface area contributed by atoms with Crippen LogP contribution in [0.1, 0.15) is 49.5 Å². The van der Waals surface area contributed by atoms with Crippen molar-refractivity contribution in [3.8, 4) is 0 Å². The molecule has 0 spiro atoms. The molecule has 1 aromatic carbocycles. The van der Waals surface area contributed by atoms with Crippen molar-refractivity contribution in [3.05, 3.63) is 29.3 Å². The maximum absolute atomic E-state index is 12.1. The Bertz CT molecular complexity index is 721. The second-order valence-corrected chi connectivity index (χ2v) is 6.68. The second kappa shape index (κ2) is 7.94. The number of amides is 3. The van der Waals surface area contributed by atoms with Gasteiger partial charge in [0.15, 0.2) is 0 Å². The number of imide groups is 1. The van der Waals surface area contributed by atoms with E-state index < -0.39 is 12.3 Å². The molecule has 0 aliphatic carbocycles. The highest BCUT2D eigenvalue weighted by Gasteiger charge is 2.40. The molecule has 2 unspecified atom stereocenters. The zero-order valence-corrected chi connectivity index (χ0v) is 14.5. The van der Waals surface area contributed by atoms with Crippen molar-refractivity contribution in [1.29, 1.82) is 0 Å². The molecule has 0 aromatic heterocycles. The molecule has 2 aliphatic heterocycles. The SMILES string of the molecule is NCCCCC(=O)Nc1cccc2c1CN(C1CCC(=O)NC1=O)C2O. The van der Waals surface area contributed by atoms with Crippen molar-refractivity contribution in [2.45, 2.75) is 50.9 Å². The van der Waals surface area contributed by atoms with Gasteiger partial charge in [0.25, 0.3) is 0 Å². The van der Waals surface area contributed by atoms with Crippen LogP contribution in [0, 0.1) is 0 Å². The molecule has 0 bridgehead atoms. The van der Waals surface area contributed by atoms with Crippen LogP contribution in [-0.2, 0) is 20.9 Å². The third kappa shape index (κ3) is 3.77. The van der Waals surface area contributed by atoms with E-state index in [1.165, 1.54) is 0 Å². The number of rotatable bonds is 6. The summed E-state index contributed by atoms with van der Waals surface area (Å²) in [4.78, 5) is 37.3. The number of aliphatic hydroxyl groups excluding tert-OH is 1. The number of nitrogens with zero attached hydrogens (tertiary/aromatic N) is 1. The third-order valence-corrected chi connectivity index (χ3v) is 4.89. The van der Waals surface area contributed by atoms with E-state index in [9.17, 15) is 19.5 Å². The third-order valence-electron chi connectivity index (χ3n) is 4.89. The van der Waals surface area contributed by atoms with E-state index in [2.05, 4.69) is 10.6 Å². The van der Waals surface area contributed by atoms with Crippen LogP contribution in [0.2, 0.25) is 0 Å².